The molecular formula is C6H6F7KO. The zero-order valence-corrected chi connectivity index (χ0v) is 11.2. The topological polar surface area (TPSA) is 23.1 Å². The zero-order valence-electron chi connectivity index (χ0n) is 8.05. The summed E-state index contributed by atoms with van der Waals surface area (Å²) in [5.41, 5.74) is -9.59. The van der Waals surface area contributed by atoms with Crippen molar-refractivity contribution >= 4 is 0 Å². The van der Waals surface area contributed by atoms with Gasteiger partial charge in [-0.15, -0.1) is 0 Å². The number of alkyl halides is 7. The molecular weight excluding hydrogens is 260 g/mol. The molecule has 2 atom stereocenters. The van der Waals surface area contributed by atoms with E-state index >= 15 is 0 Å². The predicted molar refractivity (Wildman–Crippen MR) is 30.0 cm³/mol. The van der Waals surface area contributed by atoms with Gasteiger partial charge in [-0.05, 0) is 6.92 Å². The Labute approximate surface area is 123 Å². The monoisotopic (exact) mass is 266 g/mol. The molecule has 0 aromatic rings. The molecule has 0 spiro atoms. The van der Waals surface area contributed by atoms with Crippen molar-refractivity contribution < 1.29 is 87.2 Å². The third-order valence-corrected chi connectivity index (χ3v) is 1.97. The first kappa shape index (κ1) is 18.5. The summed E-state index contributed by atoms with van der Waals surface area (Å²) in [5.74, 6) is 0. The van der Waals surface area contributed by atoms with Crippen LogP contribution in [0.25, 0.3) is 0 Å². The Bertz CT molecular complexity index is 193. The molecule has 86 valence electrons. The van der Waals surface area contributed by atoms with Gasteiger partial charge in [0.2, 0.25) is 5.67 Å². The quantitative estimate of drug-likeness (QED) is 0.439. The molecule has 0 amide bonds. The van der Waals surface area contributed by atoms with Crippen molar-refractivity contribution in [3.05, 3.63) is 0 Å². The molecule has 0 N–H and O–H groups in total. The van der Waals surface area contributed by atoms with Crippen LogP contribution in [0.5, 0.6) is 0 Å². The summed E-state index contributed by atoms with van der Waals surface area (Å²) < 4.78 is 83.5. The van der Waals surface area contributed by atoms with Crippen molar-refractivity contribution in [1.82, 2.24) is 0 Å². The van der Waals surface area contributed by atoms with Gasteiger partial charge in [-0.1, -0.05) is 6.92 Å². The van der Waals surface area contributed by atoms with E-state index < -0.39 is 30.5 Å². The first-order chi connectivity index (χ1) is 5.75. The average molecular weight is 266 g/mol. The molecule has 0 aliphatic rings. The second kappa shape index (κ2) is 4.77. The van der Waals surface area contributed by atoms with E-state index in [9.17, 15) is 35.8 Å². The van der Waals surface area contributed by atoms with Crippen LogP contribution in [0, 0.1) is 0 Å². The molecule has 1 nitrogen and oxygen atoms in total. The van der Waals surface area contributed by atoms with E-state index in [2.05, 4.69) is 0 Å². The van der Waals surface area contributed by atoms with Gasteiger partial charge in [0.05, 0.1) is 0 Å². The normalized spacial score (nSPS) is 21.2. The molecule has 0 heterocycles. The Kier molecular flexibility index (Phi) is 5.87. The van der Waals surface area contributed by atoms with Gasteiger partial charge in [0.1, 0.15) is 0 Å². The van der Waals surface area contributed by atoms with Crippen molar-refractivity contribution in [1.29, 1.82) is 0 Å². The Morgan fingerprint density at radius 1 is 0.733 bits per heavy atom. The molecule has 0 fully saturated rings. The number of halogens is 7. The Morgan fingerprint density at radius 3 is 1.07 bits per heavy atom. The van der Waals surface area contributed by atoms with E-state index in [0.29, 0.717) is 0 Å². The maximum Gasteiger partial charge on any atom is 1.00 e. The maximum atomic E-state index is 12.7. The van der Waals surface area contributed by atoms with Crippen LogP contribution in [0.3, 0.4) is 0 Å². The largest absolute Gasteiger partial charge is 1.00 e. The second-order valence-corrected chi connectivity index (χ2v) is 3.03. The number of hydrogen-bond donors (Lipinski definition) is 0. The van der Waals surface area contributed by atoms with Crippen molar-refractivity contribution in [3.8, 4) is 0 Å². The molecule has 0 saturated heterocycles. The SMILES string of the molecule is CC([O-])(C(F)(F)F)C(C)(F)C(F)(F)F.[K+]. The third kappa shape index (κ3) is 3.28. The standard InChI is InChI=1S/C6H6F7O.K/c1-3(7,5(8,9)10)4(2,14)6(11,12)13;/h1-2H3;/q-1;+1. The Balaban J connectivity index is 0. The number of rotatable bonds is 1. The fourth-order valence-corrected chi connectivity index (χ4v) is 0.537. The van der Waals surface area contributed by atoms with Crippen LogP contribution in [-0.4, -0.2) is 23.6 Å². The average Bonchev–Trinajstić information content (AvgIpc) is 1.81. The molecule has 9 heteroatoms. The summed E-state index contributed by atoms with van der Waals surface area (Å²) in [5, 5.41) is 10.6. The van der Waals surface area contributed by atoms with Crippen molar-refractivity contribution in [2.24, 2.45) is 0 Å². The molecule has 0 aromatic heterocycles. The van der Waals surface area contributed by atoms with Gasteiger partial charge in [-0.2, -0.15) is 26.3 Å². The fraction of sp³-hybridized carbons (Fsp3) is 1.00. The minimum atomic E-state index is -5.86. The van der Waals surface area contributed by atoms with Gasteiger partial charge in [-0.3, -0.25) is 0 Å². The smallest absolute Gasteiger partial charge is 0.841 e. The van der Waals surface area contributed by atoms with E-state index in [1.807, 2.05) is 0 Å². The van der Waals surface area contributed by atoms with Gasteiger partial charge < -0.3 is 5.11 Å². The van der Waals surface area contributed by atoms with Crippen LogP contribution in [0.4, 0.5) is 30.7 Å². The molecule has 0 aliphatic heterocycles. The summed E-state index contributed by atoms with van der Waals surface area (Å²) in [7, 11) is 0. The predicted octanol–water partition coefficient (Wildman–Crippen LogP) is -1.04. The van der Waals surface area contributed by atoms with Crippen LogP contribution in [0.15, 0.2) is 0 Å². The first-order valence-electron chi connectivity index (χ1n) is 3.28. The molecule has 0 saturated carbocycles. The number of hydrogen-bond acceptors (Lipinski definition) is 1. The van der Waals surface area contributed by atoms with Crippen LogP contribution in [0.1, 0.15) is 13.8 Å². The minimum absolute atomic E-state index is 0. The van der Waals surface area contributed by atoms with Gasteiger partial charge in [0.25, 0.3) is 0 Å². The van der Waals surface area contributed by atoms with E-state index in [-0.39, 0.29) is 58.3 Å². The molecule has 0 bridgehead atoms. The summed E-state index contributed by atoms with van der Waals surface area (Å²) >= 11 is 0. The summed E-state index contributed by atoms with van der Waals surface area (Å²) in [6.45, 7) is -0.798. The van der Waals surface area contributed by atoms with E-state index in [1.165, 1.54) is 0 Å². The molecule has 0 rings (SSSR count). The summed E-state index contributed by atoms with van der Waals surface area (Å²) in [4.78, 5) is 0. The van der Waals surface area contributed by atoms with Gasteiger partial charge in [0, 0.05) is 5.60 Å². The van der Waals surface area contributed by atoms with E-state index in [1.54, 1.807) is 0 Å². The van der Waals surface area contributed by atoms with Crippen LogP contribution in [0.2, 0.25) is 0 Å². The van der Waals surface area contributed by atoms with Crippen LogP contribution in [-0.2, 0) is 0 Å². The summed E-state index contributed by atoms with van der Waals surface area (Å²) in [6, 6.07) is 0. The zero-order chi connectivity index (χ0) is 12.0. The maximum absolute atomic E-state index is 12.7. The molecule has 15 heavy (non-hydrogen) atoms. The van der Waals surface area contributed by atoms with Gasteiger partial charge in [0.15, 0.2) is 0 Å². The third-order valence-electron chi connectivity index (χ3n) is 1.97. The Morgan fingerprint density at radius 2 is 1.00 bits per heavy atom. The molecule has 0 aromatic carbocycles. The fourth-order valence-electron chi connectivity index (χ4n) is 0.537. The van der Waals surface area contributed by atoms with Crippen molar-refractivity contribution in [2.75, 3.05) is 0 Å². The first-order valence-corrected chi connectivity index (χ1v) is 3.28. The van der Waals surface area contributed by atoms with Gasteiger partial charge >= 0.3 is 63.7 Å². The molecule has 0 aliphatic carbocycles. The van der Waals surface area contributed by atoms with Crippen molar-refractivity contribution in [3.63, 3.8) is 0 Å². The molecule has 2 unspecified atom stereocenters. The Hall–Kier alpha value is 1.11. The van der Waals surface area contributed by atoms with Crippen LogP contribution < -0.4 is 56.5 Å². The second-order valence-electron chi connectivity index (χ2n) is 3.03. The van der Waals surface area contributed by atoms with Crippen molar-refractivity contribution in [2.45, 2.75) is 37.5 Å². The summed E-state index contributed by atoms with van der Waals surface area (Å²) in [6.07, 6.45) is -11.7. The van der Waals surface area contributed by atoms with E-state index in [4.69, 9.17) is 0 Å². The molecule has 0 radical (unpaired) electrons. The van der Waals surface area contributed by atoms with Crippen LogP contribution >= 0.6 is 0 Å². The van der Waals surface area contributed by atoms with Gasteiger partial charge in [-0.25, -0.2) is 4.39 Å². The minimum Gasteiger partial charge on any atom is -0.841 e. The van der Waals surface area contributed by atoms with E-state index in [0.717, 1.165) is 0 Å².